The SMILES string of the molecule is FC(F)(F)c1cc(NCC2CC2)ccc1Cl. The molecule has 0 saturated heterocycles. The minimum Gasteiger partial charge on any atom is -0.385 e. The van der Waals surface area contributed by atoms with Crippen LogP contribution < -0.4 is 5.32 Å². The molecule has 0 aliphatic heterocycles. The van der Waals surface area contributed by atoms with Crippen molar-refractivity contribution in [3.63, 3.8) is 0 Å². The largest absolute Gasteiger partial charge is 0.417 e. The molecule has 0 radical (unpaired) electrons. The normalized spacial score (nSPS) is 16.2. The monoisotopic (exact) mass is 249 g/mol. The van der Waals surface area contributed by atoms with Gasteiger partial charge in [0, 0.05) is 12.2 Å². The topological polar surface area (TPSA) is 12.0 Å². The van der Waals surface area contributed by atoms with Gasteiger partial charge in [-0.1, -0.05) is 11.6 Å². The van der Waals surface area contributed by atoms with Crippen LogP contribution in [0.25, 0.3) is 0 Å². The summed E-state index contributed by atoms with van der Waals surface area (Å²) in [6.45, 7) is 0.735. The highest BCUT2D eigenvalue weighted by molar-refractivity contribution is 6.31. The first-order valence-electron chi connectivity index (χ1n) is 5.07. The van der Waals surface area contributed by atoms with E-state index < -0.39 is 11.7 Å². The van der Waals surface area contributed by atoms with Crippen molar-refractivity contribution in [3.8, 4) is 0 Å². The van der Waals surface area contributed by atoms with Crippen LogP contribution in [0, 0.1) is 5.92 Å². The molecule has 1 aliphatic carbocycles. The summed E-state index contributed by atoms with van der Waals surface area (Å²) in [6.07, 6.45) is -2.08. The lowest BCUT2D eigenvalue weighted by molar-refractivity contribution is -0.137. The second-order valence-corrected chi connectivity index (χ2v) is 4.42. The molecule has 88 valence electrons. The van der Waals surface area contributed by atoms with Crippen molar-refractivity contribution in [2.75, 3.05) is 11.9 Å². The molecule has 5 heteroatoms. The van der Waals surface area contributed by atoms with Crippen LogP contribution in [0.5, 0.6) is 0 Å². The number of nitrogens with one attached hydrogen (secondary N) is 1. The van der Waals surface area contributed by atoms with Crippen molar-refractivity contribution >= 4 is 17.3 Å². The van der Waals surface area contributed by atoms with E-state index in [1.54, 1.807) is 6.07 Å². The fourth-order valence-corrected chi connectivity index (χ4v) is 1.66. The Kier molecular flexibility index (Phi) is 3.02. The number of anilines is 1. The van der Waals surface area contributed by atoms with Gasteiger partial charge in [-0.25, -0.2) is 0 Å². The molecule has 0 heterocycles. The average Bonchev–Trinajstić information content (AvgIpc) is 2.98. The highest BCUT2D eigenvalue weighted by Gasteiger charge is 2.33. The predicted molar refractivity (Wildman–Crippen MR) is 57.7 cm³/mol. The summed E-state index contributed by atoms with van der Waals surface area (Å²) in [6, 6.07) is 3.91. The zero-order valence-corrected chi connectivity index (χ0v) is 9.20. The molecular weight excluding hydrogens is 239 g/mol. The van der Waals surface area contributed by atoms with Crippen molar-refractivity contribution < 1.29 is 13.2 Å². The zero-order chi connectivity index (χ0) is 11.8. The van der Waals surface area contributed by atoms with Gasteiger partial charge in [0.25, 0.3) is 0 Å². The maximum Gasteiger partial charge on any atom is 0.417 e. The van der Waals surface area contributed by atoms with Crippen LogP contribution in [0.3, 0.4) is 0 Å². The molecule has 1 aromatic carbocycles. The molecule has 1 fully saturated rings. The predicted octanol–water partition coefficient (Wildman–Crippen LogP) is 4.18. The summed E-state index contributed by atoms with van der Waals surface area (Å²) in [5.74, 6) is 0.616. The van der Waals surface area contributed by atoms with Crippen molar-refractivity contribution in [2.24, 2.45) is 5.92 Å². The number of hydrogen-bond donors (Lipinski definition) is 1. The van der Waals surface area contributed by atoms with Gasteiger partial charge in [0.1, 0.15) is 0 Å². The van der Waals surface area contributed by atoms with E-state index in [-0.39, 0.29) is 5.02 Å². The fourth-order valence-electron chi connectivity index (χ4n) is 1.44. The maximum absolute atomic E-state index is 12.5. The molecule has 1 aliphatic rings. The first-order chi connectivity index (χ1) is 7.47. The van der Waals surface area contributed by atoms with Gasteiger partial charge in [-0.05, 0) is 37.0 Å². The molecule has 0 amide bonds. The van der Waals surface area contributed by atoms with E-state index in [4.69, 9.17) is 11.6 Å². The van der Waals surface area contributed by atoms with Crippen LogP contribution in [0.4, 0.5) is 18.9 Å². The minimum atomic E-state index is -4.39. The van der Waals surface area contributed by atoms with Crippen LogP contribution in [0.15, 0.2) is 18.2 Å². The number of halogens is 4. The third-order valence-electron chi connectivity index (χ3n) is 2.56. The molecule has 0 aromatic heterocycles. The number of rotatable bonds is 3. The van der Waals surface area contributed by atoms with Crippen molar-refractivity contribution in [3.05, 3.63) is 28.8 Å². The second kappa shape index (κ2) is 4.17. The zero-order valence-electron chi connectivity index (χ0n) is 8.44. The van der Waals surface area contributed by atoms with Crippen LogP contribution in [-0.2, 0) is 6.18 Å². The smallest absolute Gasteiger partial charge is 0.385 e. The van der Waals surface area contributed by atoms with Gasteiger partial charge in [-0.3, -0.25) is 0 Å². The van der Waals surface area contributed by atoms with Gasteiger partial charge in [-0.2, -0.15) is 13.2 Å². The van der Waals surface area contributed by atoms with E-state index in [0.29, 0.717) is 11.6 Å². The van der Waals surface area contributed by atoms with E-state index in [9.17, 15) is 13.2 Å². The third-order valence-corrected chi connectivity index (χ3v) is 2.89. The number of benzene rings is 1. The van der Waals surface area contributed by atoms with Gasteiger partial charge < -0.3 is 5.32 Å². The van der Waals surface area contributed by atoms with Crippen LogP contribution in [0.2, 0.25) is 5.02 Å². The lowest BCUT2D eigenvalue weighted by Gasteiger charge is -2.12. The fraction of sp³-hybridized carbons (Fsp3) is 0.455. The van der Waals surface area contributed by atoms with Gasteiger partial charge >= 0.3 is 6.18 Å². The molecule has 1 N–H and O–H groups in total. The molecule has 0 atom stereocenters. The van der Waals surface area contributed by atoms with E-state index >= 15 is 0 Å². The lowest BCUT2D eigenvalue weighted by Crippen LogP contribution is -2.08. The third kappa shape index (κ3) is 2.82. The van der Waals surface area contributed by atoms with Crippen LogP contribution in [-0.4, -0.2) is 6.54 Å². The lowest BCUT2D eigenvalue weighted by atomic mass is 10.2. The molecule has 1 aromatic rings. The summed E-state index contributed by atoms with van der Waals surface area (Å²) < 4.78 is 37.6. The Morgan fingerprint density at radius 2 is 2.00 bits per heavy atom. The molecule has 1 saturated carbocycles. The summed E-state index contributed by atoms with van der Waals surface area (Å²) in [5.41, 5.74) is -0.307. The summed E-state index contributed by atoms with van der Waals surface area (Å²) in [5, 5.41) is 2.73. The summed E-state index contributed by atoms with van der Waals surface area (Å²) in [4.78, 5) is 0. The highest BCUT2D eigenvalue weighted by atomic mass is 35.5. The standard InChI is InChI=1S/C11H11ClF3N/c12-10-4-3-8(16-6-7-1-2-7)5-9(10)11(13,14)15/h3-5,7,16H,1-2,6H2. The molecule has 0 spiro atoms. The Hall–Kier alpha value is -0.900. The molecule has 0 unspecified atom stereocenters. The van der Waals surface area contributed by atoms with Crippen molar-refractivity contribution in [1.82, 2.24) is 0 Å². The Morgan fingerprint density at radius 1 is 1.31 bits per heavy atom. The van der Waals surface area contributed by atoms with Crippen molar-refractivity contribution in [1.29, 1.82) is 0 Å². The highest BCUT2D eigenvalue weighted by Crippen LogP contribution is 2.36. The first kappa shape index (κ1) is 11.6. The van der Waals surface area contributed by atoms with Crippen LogP contribution >= 0.6 is 11.6 Å². The van der Waals surface area contributed by atoms with Gasteiger partial charge in [-0.15, -0.1) is 0 Å². The summed E-state index contributed by atoms with van der Waals surface area (Å²) in [7, 11) is 0. The van der Waals surface area contributed by atoms with E-state index in [1.807, 2.05) is 0 Å². The average molecular weight is 250 g/mol. The second-order valence-electron chi connectivity index (χ2n) is 4.02. The number of alkyl halides is 3. The first-order valence-corrected chi connectivity index (χ1v) is 5.45. The van der Waals surface area contributed by atoms with E-state index in [0.717, 1.165) is 25.5 Å². The Morgan fingerprint density at radius 3 is 2.56 bits per heavy atom. The molecule has 0 bridgehead atoms. The van der Waals surface area contributed by atoms with E-state index in [2.05, 4.69) is 5.32 Å². The van der Waals surface area contributed by atoms with E-state index in [1.165, 1.54) is 6.07 Å². The van der Waals surface area contributed by atoms with Crippen molar-refractivity contribution in [2.45, 2.75) is 19.0 Å². The van der Waals surface area contributed by atoms with Gasteiger partial charge in [0.2, 0.25) is 0 Å². The maximum atomic E-state index is 12.5. The van der Waals surface area contributed by atoms with Gasteiger partial charge in [0.05, 0.1) is 10.6 Å². The Balaban J connectivity index is 2.13. The molecule has 1 nitrogen and oxygen atoms in total. The quantitative estimate of drug-likeness (QED) is 0.847. The Labute approximate surface area is 96.6 Å². The Bertz CT molecular complexity index is 385. The number of hydrogen-bond acceptors (Lipinski definition) is 1. The molecular formula is C11H11ClF3N. The van der Waals surface area contributed by atoms with Gasteiger partial charge in [0.15, 0.2) is 0 Å². The molecule has 16 heavy (non-hydrogen) atoms. The minimum absolute atomic E-state index is 0.260. The van der Waals surface area contributed by atoms with Crippen LogP contribution in [0.1, 0.15) is 18.4 Å². The molecule has 2 rings (SSSR count). The summed E-state index contributed by atoms with van der Waals surface area (Å²) >= 11 is 5.51.